The highest BCUT2D eigenvalue weighted by atomic mass is 16.5. The first-order valence-corrected chi connectivity index (χ1v) is 5.59. The molecule has 1 heterocycles. The molecule has 1 fully saturated rings. The topological polar surface area (TPSA) is 64.3 Å². The molecule has 0 amide bonds. The number of rotatable bonds is 3. The number of aromatic nitrogens is 2. The summed E-state index contributed by atoms with van der Waals surface area (Å²) in [5.41, 5.74) is 0.146. The Labute approximate surface area is 94.0 Å². The van der Waals surface area contributed by atoms with Crippen LogP contribution in [0.3, 0.4) is 0 Å². The van der Waals surface area contributed by atoms with E-state index in [9.17, 15) is 4.79 Å². The molecule has 2 rings (SSSR count). The lowest BCUT2D eigenvalue weighted by molar-refractivity contribution is 0.0692. The minimum Gasteiger partial charge on any atom is -0.481 e. The molecule has 1 aromatic rings. The fraction of sp³-hybridized carbons (Fsp3) is 0.636. The lowest BCUT2D eigenvalue weighted by Crippen LogP contribution is -2.15. The van der Waals surface area contributed by atoms with Crippen LogP contribution >= 0.6 is 0 Å². The Morgan fingerprint density at radius 3 is 2.75 bits per heavy atom. The van der Waals surface area contributed by atoms with Gasteiger partial charge in [-0.3, -0.25) is 0 Å². The van der Waals surface area contributed by atoms with Gasteiger partial charge in [-0.25, -0.2) is 9.48 Å². The van der Waals surface area contributed by atoms with Gasteiger partial charge in [0.05, 0.1) is 19.3 Å². The Bertz CT molecular complexity index is 381. The van der Waals surface area contributed by atoms with Crippen LogP contribution in [0.2, 0.25) is 0 Å². The van der Waals surface area contributed by atoms with Crippen molar-refractivity contribution in [2.45, 2.75) is 38.1 Å². The standard InChI is InChI=1S/C11H16N2O3/c1-16-10-9(11(14)15)7-12-13(10)8-5-3-2-4-6-8/h7-8H,2-6H2,1H3,(H,14,15). The highest BCUT2D eigenvalue weighted by Gasteiger charge is 2.24. The molecule has 1 saturated carbocycles. The second kappa shape index (κ2) is 4.55. The van der Waals surface area contributed by atoms with Gasteiger partial charge in [0, 0.05) is 0 Å². The van der Waals surface area contributed by atoms with Crippen molar-refractivity contribution in [2.75, 3.05) is 7.11 Å². The average Bonchev–Trinajstić information content (AvgIpc) is 2.73. The number of hydrogen-bond acceptors (Lipinski definition) is 3. The van der Waals surface area contributed by atoms with Gasteiger partial charge < -0.3 is 9.84 Å². The molecular formula is C11H16N2O3. The highest BCUT2D eigenvalue weighted by Crippen LogP contribution is 2.32. The zero-order valence-electron chi connectivity index (χ0n) is 9.35. The molecule has 0 atom stereocenters. The summed E-state index contributed by atoms with van der Waals surface area (Å²) >= 11 is 0. The quantitative estimate of drug-likeness (QED) is 0.853. The third-order valence-corrected chi connectivity index (χ3v) is 3.09. The maximum atomic E-state index is 10.9. The predicted octanol–water partition coefficient (Wildman–Crippen LogP) is 2.10. The maximum absolute atomic E-state index is 10.9. The molecule has 0 spiro atoms. The Hall–Kier alpha value is -1.52. The van der Waals surface area contributed by atoms with E-state index < -0.39 is 5.97 Å². The first kappa shape index (κ1) is 11.0. The second-order valence-electron chi connectivity index (χ2n) is 4.11. The molecule has 1 aliphatic carbocycles. The van der Waals surface area contributed by atoms with Crippen LogP contribution in [0.25, 0.3) is 0 Å². The Morgan fingerprint density at radius 2 is 2.19 bits per heavy atom. The highest BCUT2D eigenvalue weighted by molar-refractivity contribution is 5.89. The van der Waals surface area contributed by atoms with Gasteiger partial charge in [0.1, 0.15) is 5.56 Å². The molecule has 0 unspecified atom stereocenters. The summed E-state index contributed by atoms with van der Waals surface area (Å²) in [7, 11) is 1.49. The van der Waals surface area contributed by atoms with Crippen molar-refractivity contribution in [2.24, 2.45) is 0 Å². The van der Waals surface area contributed by atoms with Crippen molar-refractivity contribution in [3.63, 3.8) is 0 Å². The third kappa shape index (κ3) is 1.89. The van der Waals surface area contributed by atoms with E-state index in [2.05, 4.69) is 5.10 Å². The largest absolute Gasteiger partial charge is 0.481 e. The van der Waals surface area contributed by atoms with Gasteiger partial charge in [0.25, 0.3) is 0 Å². The normalized spacial score (nSPS) is 17.3. The fourth-order valence-electron chi connectivity index (χ4n) is 2.29. The summed E-state index contributed by atoms with van der Waals surface area (Å²) in [4.78, 5) is 10.9. The number of aromatic carboxylic acids is 1. The summed E-state index contributed by atoms with van der Waals surface area (Å²) in [5, 5.41) is 13.1. The van der Waals surface area contributed by atoms with Gasteiger partial charge >= 0.3 is 5.97 Å². The Morgan fingerprint density at radius 1 is 1.50 bits per heavy atom. The molecule has 0 saturated heterocycles. The zero-order chi connectivity index (χ0) is 11.5. The molecule has 1 N–H and O–H groups in total. The van der Waals surface area contributed by atoms with Gasteiger partial charge in [0.15, 0.2) is 0 Å². The van der Waals surface area contributed by atoms with E-state index in [-0.39, 0.29) is 11.6 Å². The van der Waals surface area contributed by atoms with Crippen LogP contribution in [0.15, 0.2) is 6.20 Å². The predicted molar refractivity (Wildman–Crippen MR) is 57.9 cm³/mol. The van der Waals surface area contributed by atoms with Crippen LogP contribution in [-0.2, 0) is 0 Å². The van der Waals surface area contributed by atoms with Gasteiger partial charge in [0.2, 0.25) is 5.88 Å². The number of carbonyl (C=O) groups is 1. The van der Waals surface area contributed by atoms with Gasteiger partial charge in [-0.2, -0.15) is 5.10 Å². The number of hydrogen-bond donors (Lipinski definition) is 1. The molecule has 5 nitrogen and oxygen atoms in total. The summed E-state index contributed by atoms with van der Waals surface area (Å²) in [6.07, 6.45) is 7.09. The minimum absolute atomic E-state index is 0.146. The smallest absolute Gasteiger partial charge is 0.342 e. The molecule has 0 aliphatic heterocycles. The van der Waals surface area contributed by atoms with Crippen molar-refractivity contribution >= 4 is 5.97 Å². The summed E-state index contributed by atoms with van der Waals surface area (Å²) in [6, 6.07) is 0.289. The van der Waals surface area contributed by atoms with Crippen LogP contribution < -0.4 is 4.74 Å². The molecule has 5 heteroatoms. The van der Waals surface area contributed by atoms with E-state index in [1.165, 1.54) is 32.6 Å². The third-order valence-electron chi connectivity index (χ3n) is 3.09. The molecule has 16 heavy (non-hydrogen) atoms. The molecule has 1 aliphatic rings. The summed E-state index contributed by atoms with van der Waals surface area (Å²) in [6.45, 7) is 0. The van der Waals surface area contributed by atoms with Crippen molar-refractivity contribution in [3.8, 4) is 5.88 Å². The molecule has 88 valence electrons. The lowest BCUT2D eigenvalue weighted by atomic mass is 9.96. The van der Waals surface area contributed by atoms with Crippen LogP contribution in [0.1, 0.15) is 48.5 Å². The van der Waals surface area contributed by atoms with Crippen molar-refractivity contribution in [1.29, 1.82) is 0 Å². The number of carboxylic acids is 1. The Balaban J connectivity index is 2.29. The maximum Gasteiger partial charge on any atom is 0.342 e. The first-order valence-electron chi connectivity index (χ1n) is 5.59. The molecule has 0 bridgehead atoms. The van der Waals surface area contributed by atoms with Gasteiger partial charge in [-0.1, -0.05) is 19.3 Å². The Kier molecular flexibility index (Phi) is 3.12. The second-order valence-corrected chi connectivity index (χ2v) is 4.11. The number of nitrogens with zero attached hydrogens (tertiary/aromatic N) is 2. The van der Waals surface area contributed by atoms with Crippen molar-refractivity contribution in [3.05, 3.63) is 11.8 Å². The molecule has 0 aromatic carbocycles. The van der Waals surface area contributed by atoms with Crippen LogP contribution in [0.5, 0.6) is 5.88 Å². The van der Waals surface area contributed by atoms with E-state index in [4.69, 9.17) is 9.84 Å². The number of methoxy groups -OCH3 is 1. The molecule has 0 radical (unpaired) electrons. The van der Waals surface area contributed by atoms with E-state index in [1.54, 1.807) is 4.68 Å². The lowest BCUT2D eigenvalue weighted by Gasteiger charge is -2.23. The van der Waals surface area contributed by atoms with Gasteiger partial charge in [-0.05, 0) is 12.8 Å². The van der Waals surface area contributed by atoms with Gasteiger partial charge in [-0.15, -0.1) is 0 Å². The first-order chi connectivity index (χ1) is 7.74. The molecule has 1 aromatic heterocycles. The minimum atomic E-state index is -0.987. The van der Waals surface area contributed by atoms with Crippen LogP contribution in [0.4, 0.5) is 0 Å². The van der Waals surface area contributed by atoms with E-state index in [1.807, 2.05) is 0 Å². The monoisotopic (exact) mass is 224 g/mol. The van der Waals surface area contributed by atoms with Crippen molar-refractivity contribution < 1.29 is 14.6 Å². The summed E-state index contributed by atoms with van der Waals surface area (Å²) in [5.74, 6) is -0.613. The van der Waals surface area contributed by atoms with Crippen LogP contribution in [-0.4, -0.2) is 28.0 Å². The van der Waals surface area contributed by atoms with Crippen molar-refractivity contribution in [1.82, 2.24) is 9.78 Å². The number of carboxylic acid groups (broad SMARTS) is 1. The average molecular weight is 224 g/mol. The number of ether oxygens (including phenoxy) is 1. The fourth-order valence-corrected chi connectivity index (χ4v) is 2.29. The van der Waals surface area contributed by atoms with E-state index >= 15 is 0 Å². The molecular weight excluding hydrogens is 208 g/mol. The zero-order valence-corrected chi connectivity index (χ0v) is 9.35. The van der Waals surface area contributed by atoms with E-state index in [0.29, 0.717) is 5.88 Å². The summed E-state index contributed by atoms with van der Waals surface area (Å²) < 4.78 is 6.88. The van der Waals surface area contributed by atoms with Crippen LogP contribution in [0, 0.1) is 0 Å². The SMILES string of the molecule is COc1c(C(=O)O)cnn1C1CCCCC1. The van der Waals surface area contributed by atoms with E-state index in [0.717, 1.165) is 12.8 Å².